The lowest BCUT2D eigenvalue weighted by Crippen LogP contribution is -2.29. The van der Waals surface area contributed by atoms with Crippen LogP contribution >= 0.6 is 0 Å². The van der Waals surface area contributed by atoms with E-state index in [1.54, 1.807) is 7.11 Å². The molecular weight excluding hydrogens is 250 g/mol. The number of anilines is 1. The average molecular weight is 279 g/mol. The van der Waals surface area contributed by atoms with E-state index in [2.05, 4.69) is 52.1 Å². The third kappa shape index (κ3) is 4.14. The van der Waals surface area contributed by atoms with Crippen molar-refractivity contribution in [3.63, 3.8) is 0 Å². The highest BCUT2D eigenvalue weighted by molar-refractivity contribution is 5.59. The molecule has 0 aliphatic rings. The summed E-state index contributed by atoms with van der Waals surface area (Å²) < 4.78 is 5.42. The summed E-state index contributed by atoms with van der Waals surface area (Å²) >= 11 is 0. The molecular formula is C17H29NO2. The van der Waals surface area contributed by atoms with Gasteiger partial charge in [0, 0.05) is 12.0 Å². The maximum Gasteiger partial charge on any atom is 0.141 e. The summed E-state index contributed by atoms with van der Waals surface area (Å²) in [4.78, 5) is 0. The Bertz CT molecular complexity index is 431. The fourth-order valence-corrected chi connectivity index (χ4v) is 1.91. The lowest BCUT2D eigenvalue weighted by atomic mass is 9.86. The van der Waals surface area contributed by atoms with Gasteiger partial charge in [0.05, 0.1) is 19.4 Å². The van der Waals surface area contributed by atoms with Gasteiger partial charge in [-0.1, -0.05) is 40.7 Å². The van der Waals surface area contributed by atoms with Crippen molar-refractivity contribution in [2.75, 3.05) is 25.6 Å². The molecule has 0 spiro atoms. The summed E-state index contributed by atoms with van der Waals surface area (Å²) in [6.07, 6.45) is 0.928. The number of rotatable bonds is 6. The van der Waals surface area contributed by atoms with Gasteiger partial charge in [0.15, 0.2) is 0 Å². The quantitative estimate of drug-likeness (QED) is 0.832. The number of nitrogens with one attached hydrogen (secondary N) is 1. The fourth-order valence-electron chi connectivity index (χ4n) is 1.91. The van der Waals surface area contributed by atoms with E-state index in [-0.39, 0.29) is 17.4 Å². The smallest absolute Gasteiger partial charge is 0.141 e. The van der Waals surface area contributed by atoms with Crippen LogP contribution in [0.5, 0.6) is 5.75 Å². The van der Waals surface area contributed by atoms with Crippen molar-refractivity contribution in [3.8, 4) is 5.75 Å². The monoisotopic (exact) mass is 279 g/mol. The second kappa shape index (κ2) is 6.49. The molecule has 0 aliphatic heterocycles. The van der Waals surface area contributed by atoms with Crippen LogP contribution in [0.1, 0.15) is 46.6 Å². The highest BCUT2D eigenvalue weighted by Gasteiger charge is 2.22. The van der Waals surface area contributed by atoms with E-state index < -0.39 is 0 Å². The first-order valence-electron chi connectivity index (χ1n) is 7.29. The van der Waals surface area contributed by atoms with Crippen LogP contribution in [-0.4, -0.2) is 25.4 Å². The summed E-state index contributed by atoms with van der Waals surface area (Å²) in [6, 6.07) is 6.26. The lowest BCUT2D eigenvalue weighted by Gasteiger charge is -2.28. The maximum absolute atomic E-state index is 9.50. The third-order valence-electron chi connectivity index (χ3n) is 4.01. The van der Waals surface area contributed by atoms with Gasteiger partial charge in [-0.25, -0.2) is 0 Å². The van der Waals surface area contributed by atoms with Crippen LogP contribution in [0.2, 0.25) is 0 Å². The molecule has 114 valence electrons. The second-order valence-corrected chi connectivity index (χ2v) is 6.84. The Morgan fingerprint density at radius 2 is 1.85 bits per heavy atom. The van der Waals surface area contributed by atoms with Crippen molar-refractivity contribution in [1.29, 1.82) is 0 Å². The van der Waals surface area contributed by atoms with E-state index in [1.807, 2.05) is 6.07 Å². The molecule has 0 saturated carbocycles. The van der Waals surface area contributed by atoms with E-state index in [9.17, 15) is 5.11 Å². The molecule has 1 atom stereocenters. The van der Waals surface area contributed by atoms with Gasteiger partial charge in [-0.2, -0.15) is 0 Å². The zero-order valence-electron chi connectivity index (χ0n) is 13.7. The molecule has 0 bridgehead atoms. The van der Waals surface area contributed by atoms with Crippen LogP contribution in [0.4, 0.5) is 5.69 Å². The number of ether oxygens (including phenoxy) is 1. The van der Waals surface area contributed by atoms with E-state index >= 15 is 0 Å². The molecule has 1 rings (SSSR count). The molecule has 1 aromatic carbocycles. The van der Waals surface area contributed by atoms with Crippen LogP contribution in [0.15, 0.2) is 18.2 Å². The molecule has 0 heterocycles. The summed E-state index contributed by atoms with van der Waals surface area (Å²) in [7, 11) is 1.68. The first-order chi connectivity index (χ1) is 9.25. The molecule has 0 radical (unpaired) electrons. The first kappa shape index (κ1) is 16.8. The van der Waals surface area contributed by atoms with Crippen LogP contribution in [0.3, 0.4) is 0 Å². The molecule has 0 aromatic heterocycles. The Morgan fingerprint density at radius 3 is 2.30 bits per heavy atom. The number of hydrogen-bond donors (Lipinski definition) is 2. The van der Waals surface area contributed by atoms with E-state index in [0.29, 0.717) is 0 Å². The number of methoxy groups -OCH3 is 1. The summed E-state index contributed by atoms with van der Waals surface area (Å²) in [5.74, 6) is 0.842. The van der Waals surface area contributed by atoms with Gasteiger partial charge in [0.25, 0.3) is 0 Å². The summed E-state index contributed by atoms with van der Waals surface area (Å²) in [5.41, 5.74) is 2.26. The standard InChI is InChI=1S/C17H29NO2/c1-7-17(5,12-19)11-18-14-10-13(16(2,3)4)8-9-15(14)20-6/h8-10,18-19H,7,11-12H2,1-6H3. The Kier molecular flexibility index (Phi) is 5.46. The number of benzene rings is 1. The van der Waals surface area contributed by atoms with Gasteiger partial charge in [-0.15, -0.1) is 0 Å². The van der Waals surface area contributed by atoms with Crippen molar-refractivity contribution in [2.45, 2.75) is 46.5 Å². The van der Waals surface area contributed by atoms with E-state index in [0.717, 1.165) is 24.4 Å². The summed E-state index contributed by atoms with van der Waals surface area (Å²) in [6.45, 7) is 11.7. The second-order valence-electron chi connectivity index (χ2n) is 6.84. The topological polar surface area (TPSA) is 41.5 Å². The predicted molar refractivity (Wildman–Crippen MR) is 85.7 cm³/mol. The largest absolute Gasteiger partial charge is 0.495 e. The van der Waals surface area contributed by atoms with Gasteiger partial charge in [0.2, 0.25) is 0 Å². The number of aliphatic hydroxyl groups is 1. The van der Waals surface area contributed by atoms with Crippen LogP contribution < -0.4 is 10.1 Å². The van der Waals surface area contributed by atoms with E-state index in [4.69, 9.17) is 4.74 Å². The van der Waals surface area contributed by atoms with Crippen LogP contribution in [-0.2, 0) is 5.41 Å². The van der Waals surface area contributed by atoms with E-state index in [1.165, 1.54) is 5.56 Å². The molecule has 0 fully saturated rings. The zero-order valence-corrected chi connectivity index (χ0v) is 13.7. The minimum Gasteiger partial charge on any atom is -0.495 e. The molecule has 20 heavy (non-hydrogen) atoms. The Hall–Kier alpha value is -1.22. The molecule has 3 nitrogen and oxygen atoms in total. The average Bonchev–Trinajstić information content (AvgIpc) is 2.43. The molecule has 3 heteroatoms. The first-order valence-corrected chi connectivity index (χ1v) is 7.29. The number of aliphatic hydroxyl groups excluding tert-OH is 1. The Balaban J connectivity index is 2.98. The normalized spacial score (nSPS) is 14.8. The minimum absolute atomic E-state index is 0.105. The van der Waals surface area contributed by atoms with Crippen molar-refractivity contribution in [2.24, 2.45) is 5.41 Å². The molecule has 1 aromatic rings. The Morgan fingerprint density at radius 1 is 1.20 bits per heavy atom. The van der Waals surface area contributed by atoms with Gasteiger partial charge < -0.3 is 15.2 Å². The molecule has 2 N–H and O–H groups in total. The summed E-state index contributed by atoms with van der Waals surface area (Å²) in [5, 5.41) is 12.9. The lowest BCUT2D eigenvalue weighted by molar-refractivity contribution is 0.149. The van der Waals surface area contributed by atoms with Gasteiger partial charge in [0.1, 0.15) is 5.75 Å². The van der Waals surface area contributed by atoms with Crippen molar-refractivity contribution in [1.82, 2.24) is 0 Å². The maximum atomic E-state index is 9.50. The van der Waals surface area contributed by atoms with Crippen molar-refractivity contribution < 1.29 is 9.84 Å². The highest BCUT2D eigenvalue weighted by atomic mass is 16.5. The van der Waals surface area contributed by atoms with Gasteiger partial charge >= 0.3 is 0 Å². The van der Waals surface area contributed by atoms with Gasteiger partial charge in [-0.3, -0.25) is 0 Å². The molecule has 0 aliphatic carbocycles. The predicted octanol–water partition coefficient (Wildman–Crippen LogP) is 3.81. The highest BCUT2D eigenvalue weighted by Crippen LogP contribution is 2.32. The molecule has 0 saturated heterocycles. The van der Waals surface area contributed by atoms with Crippen molar-refractivity contribution >= 4 is 5.69 Å². The van der Waals surface area contributed by atoms with Gasteiger partial charge in [-0.05, 0) is 29.5 Å². The van der Waals surface area contributed by atoms with Crippen LogP contribution in [0.25, 0.3) is 0 Å². The van der Waals surface area contributed by atoms with Crippen LogP contribution in [0, 0.1) is 5.41 Å². The third-order valence-corrected chi connectivity index (χ3v) is 4.01. The number of hydrogen-bond acceptors (Lipinski definition) is 3. The Labute approximate surface area is 123 Å². The zero-order chi connectivity index (χ0) is 15.4. The molecule has 0 amide bonds. The molecule has 1 unspecified atom stereocenters. The van der Waals surface area contributed by atoms with Crippen molar-refractivity contribution in [3.05, 3.63) is 23.8 Å². The minimum atomic E-state index is -0.108. The fraction of sp³-hybridized carbons (Fsp3) is 0.647. The SMILES string of the molecule is CCC(C)(CO)CNc1cc(C(C)(C)C)ccc1OC.